The van der Waals surface area contributed by atoms with Gasteiger partial charge in [-0.25, -0.2) is 4.98 Å². The molecular weight excluding hydrogens is 500 g/mol. The first-order chi connectivity index (χ1) is 18.9. The second kappa shape index (κ2) is 14.5. The van der Waals surface area contributed by atoms with Gasteiger partial charge in [0, 0.05) is 38.9 Å². The molecule has 13 nitrogen and oxygen atoms in total. The van der Waals surface area contributed by atoms with Crippen LogP contribution in [0.4, 0.5) is 23.3 Å². The van der Waals surface area contributed by atoms with Crippen LogP contribution in [0.3, 0.4) is 0 Å². The molecule has 0 radical (unpaired) electrons. The highest BCUT2D eigenvalue weighted by Gasteiger charge is 2.22. The number of hydrogen-bond acceptors (Lipinski definition) is 12. The fourth-order valence-electron chi connectivity index (χ4n) is 3.67. The third kappa shape index (κ3) is 7.56. The Balaban J connectivity index is 2.12. The molecule has 2 N–H and O–H groups in total. The number of pyridine rings is 1. The highest BCUT2D eigenvalue weighted by atomic mass is 16.5. The van der Waals surface area contributed by atoms with Crippen molar-refractivity contribution in [3.63, 3.8) is 0 Å². The molecule has 0 saturated carbocycles. The highest BCUT2D eigenvalue weighted by Crippen LogP contribution is 2.34. The van der Waals surface area contributed by atoms with Gasteiger partial charge in [-0.2, -0.15) is 14.9 Å². The lowest BCUT2D eigenvalue weighted by Crippen LogP contribution is -2.25. The van der Waals surface area contributed by atoms with Crippen LogP contribution < -0.4 is 15.4 Å². The summed E-state index contributed by atoms with van der Waals surface area (Å²) in [5.74, 6) is 1.18. The van der Waals surface area contributed by atoms with E-state index in [1.54, 1.807) is 44.8 Å². The van der Waals surface area contributed by atoms with Crippen LogP contribution >= 0.6 is 0 Å². The van der Waals surface area contributed by atoms with E-state index < -0.39 is 0 Å². The highest BCUT2D eigenvalue weighted by molar-refractivity contribution is 5.66. The predicted octanol–water partition coefficient (Wildman–Crippen LogP) is 4.37. The maximum atomic E-state index is 9.94. The summed E-state index contributed by atoms with van der Waals surface area (Å²) in [7, 11) is 3.26. The molecular formula is C26H34N10O3. The smallest absolute Gasteiger partial charge is 0.237 e. The summed E-state index contributed by atoms with van der Waals surface area (Å²) in [4.78, 5) is 13.4. The van der Waals surface area contributed by atoms with Crippen LogP contribution in [0.1, 0.15) is 32.0 Å². The van der Waals surface area contributed by atoms with E-state index in [9.17, 15) is 5.26 Å². The van der Waals surface area contributed by atoms with Gasteiger partial charge in [0.05, 0.1) is 37.4 Å². The number of methoxy groups -OCH3 is 2. The zero-order chi connectivity index (χ0) is 28.2. The quantitative estimate of drug-likeness (QED) is 0.212. The van der Waals surface area contributed by atoms with Crippen molar-refractivity contribution in [1.29, 1.82) is 5.26 Å². The third-order valence-electron chi connectivity index (χ3n) is 5.24. The summed E-state index contributed by atoms with van der Waals surface area (Å²) in [5, 5.41) is 29.8. The fraction of sp³-hybridized carbons (Fsp3) is 0.423. The SMILES string of the molecule is C=CCc1nc(NC(C)COC)nc(NC(C)COC)c1N=Nc1nn(-c2cccnc2)c(OCC)c1C#N. The lowest BCUT2D eigenvalue weighted by molar-refractivity contribution is 0.190. The molecule has 0 bridgehead atoms. The van der Waals surface area contributed by atoms with Gasteiger partial charge in [0.1, 0.15) is 11.8 Å². The minimum absolute atomic E-state index is 0.0325. The van der Waals surface area contributed by atoms with Crippen molar-refractivity contribution in [2.45, 2.75) is 39.3 Å². The van der Waals surface area contributed by atoms with E-state index in [-0.39, 0.29) is 29.3 Å². The van der Waals surface area contributed by atoms with Crippen LogP contribution in [0.2, 0.25) is 0 Å². The van der Waals surface area contributed by atoms with Crippen LogP contribution in [0.5, 0.6) is 5.88 Å². The Bertz CT molecular complexity index is 1300. The summed E-state index contributed by atoms with van der Waals surface area (Å²) >= 11 is 0. The van der Waals surface area contributed by atoms with Gasteiger partial charge >= 0.3 is 0 Å². The number of nitriles is 1. The molecule has 0 saturated heterocycles. The minimum atomic E-state index is -0.0938. The van der Waals surface area contributed by atoms with Gasteiger partial charge in [-0.15, -0.1) is 21.9 Å². The fourth-order valence-corrected chi connectivity index (χ4v) is 3.67. The van der Waals surface area contributed by atoms with E-state index in [4.69, 9.17) is 14.2 Å². The van der Waals surface area contributed by atoms with Gasteiger partial charge < -0.3 is 24.8 Å². The number of nitrogens with one attached hydrogen (secondary N) is 2. The van der Waals surface area contributed by atoms with Crippen molar-refractivity contribution in [3.05, 3.63) is 48.4 Å². The number of azo groups is 1. The number of rotatable bonds is 15. The Hall–Kier alpha value is -4.41. The monoisotopic (exact) mass is 534 g/mol. The number of nitrogens with zero attached hydrogens (tertiary/aromatic N) is 8. The average molecular weight is 535 g/mol. The molecule has 3 aromatic heterocycles. The Morgan fingerprint density at radius 3 is 2.51 bits per heavy atom. The Labute approximate surface area is 228 Å². The van der Waals surface area contributed by atoms with Gasteiger partial charge in [-0.3, -0.25) is 4.98 Å². The molecule has 13 heteroatoms. The van der Waals surface area contributed by atoms with Crippen LogP contribution in [-0.4, -0.2) is 70.9 Å². The summed E-state index contributed by atoms with van der Waals surface area (Å²) < 4.78 is 17.7. The van der Waals surface area contributed by atoms with Crippen molar-refractivity contribution < 1.29 is 14.2 Å². The van der Waals surface area contributed by atoms with Gasteiger partial charge in [-0.05, 0) is 32.9 Å². The number of allylic oxidation sites excluding steroid dienone is 1. The molecule has 0 aliphatic carbocycles. The Kier molecular flexibility index (Phi) is 10.8. The molecule has 3 heterocycles. The topological polar surface area (TPSA) is 157 Å². The van der Waals surface area contributed by atoms with E-state index >= 15 is 0 Å². The molecule has 2 atom stereocenters. The summed E-state index contributed by atoms with van der Waals surface area (Å²) in [6.45, 7) is 10.8. The molecule has 0 aliphatic rings. The van der Waals surface area contributed by atoms with Crippen molar-refractivity contribution in [1.82, 2.24) is 24.7 Å². The van der Waals surface area contributed by atoms with E-state index in [2.05, 4.69) is 53.6 Å². The standard InChI is InChI=1S/C26H34N10O3/c1-7-10-21-22(24(29-17(3)15-37-5)32-26(31-21)30-18(4)16-38-6)33-34-23-20(13-27)25(39-8-2)36(35-23)19-11-9-12-28-14-19/h7,9,11-12,14,17-18H,1,8,10,15-16H2,2-6H3,(H2,29,30,31,32). The van der Waals surface area contributed by atoms with Crippen LogP contribution in [0.15, 0.2) is 47.4 Å². The molecule has 3 rings (SSSR count). The van der Waals surface area contributed by atoms with Gasteiger partial charge in [0.2, 0.25) is 17.6 Å². The predicted molar refractivity (Wildman–Crippen MR) is 147 cm³/mol. The summed E-state index contributed by atoms with van der Waals surface area (Å²) in [5.41, 5.74) is 1.73. The minimum Gasteiger partial charge on any atom is -0.477 e. The Morgan fingerprint density at radius 1 is 1.15 bits per heavy atom. The van der Waals surface area contributed by atoms with E-state index in [0.29, 0.717) is 55.1 Å². The van der Waals surface area contributed by atoms with Crippen molar-refractivity contribution >= 4 is 23.3 Å². The van der Waals surface area contributed by atoms with Crippen molar-refractivity contribution in [3.8, 4) is 17.6 Å². The molecule has 2 unspecified atom stereocenters. The molecule has 0 fully saturated rings. The Morgan fingerprint density at radius 2 is 1.90 bits per heavy atom. The van der Waals surface area contributed by atoms with Gasteiger partial charge in [0.15, 0.2) is 11.4 Å². The van der Waals surface area contributed by atoms with E-state index in [1.807, 2.05) is 20.8 Å². The molecule has 206 valence electrons. The number of anilines is 2. The first kappa shape index (κ1) is 29.2. The molecule has 0 amide bonds. The molecule has 39 heavy (non-hydrogen) atoms. The second-order valence-corrected chi connectivity index (χ2v) is 8.56. The summed E-state index contributed by atoms with van der Waals surface area (Å²) in [6, 6.07) is 5.58. The second-order valence-electron chi connectivity index (χ2n) is 8.56. The number of ether oxygens (including phenoxy) is 3. The largest absolute Gasteiger partial charge is 0.477 e. The molecule has 0 spiro atoms. The average Bonchev–Trinajstić information content (AvgIpc) is 3.26. The lowest BCUT2D eigenvalue weighted by atomic mass is 10.2. The van der Waals surface area contributed by atoms with Crippen LogP contribution in [0, 0.1) is 11.3 Å². The van der Waals surface area contributed by atoms with Gasteiger partial charge in [0.25, 0.3) is 0 Å². The van der Waals surface area contributed by atoms with Crippen molar-refractivity contribution in [2.75, 3.05) is 44.7 Å². The first-order valence-electron chi connectivity index (χ1n) is 12.5. The molecule has 0 aromatic carbocycles. The van der Waals surface area contributed by atoms with Gasteiger partial charge in [-0.1, -0.05) is 6.08 Å². The van der Waals surface area contributed by atoms with Crippen molar-refractivity contribution in [2.24, 2.45) is 10.2 Å². The number of aromatic nitrogens is 5. The zero-order valence-corrected chi connectivity index (χ0v) is 22.9. The zero-order valence-electron chi connectivity index (χ0n) is 22.9. The lowest BCUT2D eigenvalue weighted by Gasteiger charge is -2.19. The maximum Gasteiger partial charge on any atom is 0.237 e. The first-order valence-corrected chi connectivity index (χ1v) is 12.5. The third-order valence-corrected chi connectivity index (χ3v) is 5.24. The summed E-state index contributed by atoms with van der Waals surface area (Å²) in [6.07, 6.45) is 5.38. The molecule has 3 aromatic rings. The van der Waals surface area contributed by atoms with Crippen LogP contribution in [0.25, 0.3) is 5.69 Å². The van der Waals surface area contributed by atoms with Crippen LogP contribution in [-0.2, 0) is 15.9 Å². The van der Waals surface area contributed by atoms with E-state index in [0.717, 1.165) is 0 Å². The molecule has 0 aliphatic heterocycles. The van der Waals surface area contributed by atoms with E-state index in [1.165, 1.54) is 4.68 Å². The normalized spacial score (nSPS) is 12.6. The maximum absolute atomic E-state index is 9.94. The number of hydrogen-bond donors (Lipinski definition) is 2.